The summed E-state index contributed by atoms with van der Waals surface area (Å²) in [7, 11) is 0. The van der Waals surface area contributed by atoms with Gasteiger partial charge < -0.3 is 10.5 Å². The fourth-order valence-corrected chi connectivity index (χ4v) is 1.79. The van der Waals surface area contributed by atoms with Gasteiger partial charge in [0, 0.05) is 22.6 Å². The molecule has 0 saturated carbocycles. The van der Waals surface area contributed by atoms with Gasteiger partial charge in [-0.2, -0.15) is 0 Å². The molecular formula is C13H11BrFNO. The van der Waals surface area contributed by atoms with E-state index in [0.717, 1.165) is 10.0 Å². The first-order valence-corrected chi connectivity index (χ1v) is 5.90. The summed E-state index contributed by atoms with van der Waals surface area (Å²) in [6, 6.07) is 11.6. The lowest BCUT2D eigenvalue weighted by Gasteiger charge is -2.10. The highest BCUT2D eigenvalue weighted by Crippen LogP contribution is 2.28. The molecule has 2 aromatic rings. The molecule has 2 rings (SSSR count). The number of nitrogens with two attached hydrogens (primary N) is 1. The molecule has 2 aromatic carbocycles. The van der Waals surface area contributed by atoms with E-state index < -0.39 is 0 Å². The molecule has 0 spiro atoms. The van der Waals surface area contributed by atoms with Crippen molar-refractivity contribution in [2.75, 3.05) is 0 Å². The number of hydrogen-bond acceptors (Lipinski definition) is 2. The van der Waals surface area contributed by atoms with Crippen LogP contribution in [0.25, 0.3) is 0 Å². The molecule has 0 saturated heterocycles. The maximum atomic E-state index is 13.0. The topological polar surface area (TPSA) is 35.2 Å². The van der Waals surface area contributed by atoms with Crippen LogP contribution in [0.2, 0.25) is 0 Å². The molecule has 17 heavy (non-hydrogen) atoms. The zero-order valence-electron chi connectivity index (χ0n) is 8.99. The van der Waals surface area contributed by atoms with Crippen LogP contribution < -0.4 is 10.5 Å². The van der Waals surface area contributed by atoms with Crippen molar-refractivity contribution in [3.05, 3.63) is 58.3 Å². The number of ether oxygens (including phenoxy) is 1. The quantitative estimate of drug-likeness (QED) is 0.934. The van der Waals surface area contributed by atoms with Crippen molar-refractivity contribution < 1.29 is 9.13 Å². The Morgan fingerprint density at radius 1 is 1.18 bits per heavy atom. The molecule has 4 heteroatoms. The summed E-state index contributed by atoms with van der Waals surface area (Å²) in [5, 5.41) is 0. The fourth-order valence-electron chi connectivity index (χ4n) is 1.45. The highest BCUT2D eigenvalue weighted by Gasteiger charge is 2.05. The first kappa shape index (κ1) is 12.1. The Morgan fingerprint density at radius 3 is 2.71 bits per heavy atom. The molecule has 2 nitrogen and oxygen atoms in total. The molecular weight excluding hydrogens is 285 g/mol. The van der Waals surface area contributed by atoms with E-state index in [2.05, 4.69) is 15.9 Å². The number of halogens is 2. The monoisotopic (exact) mass is 295 g/mol. The van der Waals surface area contributed by atoms with Crippen molar-refractivity contribution in [2.24, 2.45) is 5.73 Å². The predicted molar refractivity (Wildman–Crippen MR) is 68.5 cm³/mol. The minimum Gasteiger partial charge on any atom is -0.457 e. The van der Waals surface area contributed by atoms with Gasteiger partial charge >= 0.3 is 0 Å². The molecule has 88 valence electrons. The zero-order valence-corrected chi connectivity index (χ0v) is 10.6. The van der Waals surface area contributed by atoms with Crippen LogP contribution in [0.3, 0.4) is 0 Å². The van der Waals surface area contributed by atoms with Crippen molar-refractivity contribution in [1.29, 1.82) is 0 Å². The third-order valence-corrected chi connectivity index (χ3v) is 2.77. The third-order valence-electron chi connectivity index (χ3n) is 2.27. The largest absolute Gasteiger partial charge is 0.457 e. The van der Waals surface area contributed by atoms with Gasteiger partial charge in [0.25, 0.3) is 0 Å². The van der Waals surface area contributed by atoms with Crippen LogP contribution in [0.4, 0.5) is 4.39 Å². The molecule has 0 aliphatic heterocycles. The van der Waals surface area contributed by atoms with Crippen molar-refractivity contribution in [1.82, 2.24) is 0 Å². The Bertz CT molecular complexity index is 531. The Labute approximate surface area is 107 Å². The highest BCUT2D eigenvalue weighted by atomic mass is 79.9. The Hall–Kier alpha value is -1.39. The molecule has 0 atom stereocenters. The van der Waals surface area contributed by atoms with E-state index in [1.165, 1.54) is 12.1 Å². The van der Waals surface area contributed by atoms with E-state index in [1.807, 2.05) is 18.2 Å². The average Bonchev–Trinajstić information content (AvgIpc) is 2.29. The second-order valence-electron chi connectivity index (χ2n) is 3.52. The van der Waals surface area contributed by atoms with E-state index in [4.69, 9.17) is 10.5 Å². The van der Waals surface area contributed by atoms with Crippen LogP contribution in [0, 0.1) is 5.82 Å². The Morgan fingerprint density at radius 2 is 2.00 bits per heavy atom. The summed E-state index contributed by atoms with van der Waals surface area (Å²) >= 11 is 3.36. The first-order chi connectivity index (χ1) is 8.19. The van der Waals surface area contributed by atoms with Gasteiger partial charge in [-0.05, 0) is 24.3 Å². The van der Waals surface area contributed by atoms with Crippen LogP contribution in [0.1, 0.15) is 5.56 Å². The first-order valence-electron chi connectivity index (χ1n) is 5.11. The summed E-state index contributed by atoms with van der Waals surface area (Å²) in [4.78, 5) is 0. The summed E-state index contributed by atoms with van der Waals surface area (Å²) in [5.74, 6) is 0.761. The van der Waals surface area contributed by atoms with Crippen molar-refractivity contribution in [3.8, 4) is 11.5 Å². The van der Waals surface area contributed by atoms with Gasteiger partial charge in [-0.25, -0.2) is 4.39 Å². The third kappa shape index (κ3) is 3.05. The van der Waals surface area contributed by atoms with E-state index in [0.29, 0.717) is 18.0 Å². The zero-order chi connectivity index (χ0) is 12.3. The molecule has 2 N–H and O–H groups in total. The SMILES string of the molecule is NCc1ccc(Br)cc1Oc1cccc(F)c1. The summed E-state index contributed by atoms with van der Waals surface area (Å²) in [6.45, 7) is 0.373. The standard InChI is InChI=1S/C13H11BrFNO/c14-10-5-4-9(8-16)13(6-10)17-12-3-1-2-11(15)7-12/h1-7H,8,16H2. The second-order valence-corrected chi connectivity index (χ2v) is 4.43. The van der Waals surface area contributed by atoms with Crippen LogP contribution in [0.5, 0.6) is 11.5 Å². The smallest absolute Gasteiger partial charge is 0.133 e. The maximum absolute atomic E-state index is 13.0. The second kappa shape index (κ2) is 5.29. The molecule has 0 aliphatic carbocycles. The normalized spacial score (nSPS) is 10.3. The van der Waals surface area contributed by atoms with Gasteiger partial charge in [0.05, 0.1) is 0 Å². The molecule has 0 fully saturated rings. The molecule has 0 bridgehead atoms. The van der Waals surface area contributed by atoms with Gasteiger partial charge in [0.1, 0.15) is 17.3 Å². The van der Waals surface area contributed by atoms with E-state index in [9.17, 15) is 4.39 Å². The molecule has 0 heterocycles. The average molecular weight is 296 g/mol. The minimum atomic E-state index is -0.327. The van der Waals surface area contributed by atoms with E-state index in [-0.39, 0.29) is 5.82 Å². The van der Waals surface area contributed by atoms with E-state index >= 15 is 0 Å². The predicted octanol–water partition coefficient (Wildman–Crippen LogP) is 3.84. The van der Waals surface area contributed by atoms with Crippen molar-refractivity contribution in [2.45, 2.75) is 6.54 Å². The molecule has 0 radical (unpaired) electrons. The lowest BCUT2D eigenvalue weighted by atomic mass is 10.2. The van der Waals surface area contributed by atoms with Gasteiger partial charge in [-0.3, -0.25) is 0 Å². The number of hydrogen-bond donors (Lipinski definition) is 1. The fraction of sp³-hybridized carbons (Fsp3) is 0.0769. The molecule has 0 amide bonds. The van der Waals surface area contributed by atoms with Crippen LogP contribution in [-0.4, -0.2) is 0 Å². The van der Waals surface area contributed by atoms with Gasteiger partial charge in [0.15, 0.2) is 0 Å². The summed E-state index contributed by atoms with van der Waals surface area (Å²) < 4.78 is 19.5. The minimum absolute atomic E-state index is 0.327. The summed E-state index contributed by atoms with van der Waals surface area (Å²) in [5.41, 5.74) is 6.49. The number of benzene rings is 2. The van der Waals surface area contributed by atoms with Gasteiger partial charge in [0.2, 0.25) is 0 Å². The summed E-state index contributed by atoms with van der Waals surface area (Å²) in [6.07, 6.45) is 0. The molecule has 0 unspecified atom stereocenters. The van der Waals surface area contributed by atoms with Crippen LogP contribution >= 0.6 is 15.9 Å². The Kier molecular flexibility index (Phi) is 3.76. The van der Waals surface area contributed by atoms with Gasteiger partial charge in [-0.15, -0.1) is 0 Å². The lowest BCUT2D eigenvalue weighted by Crippen LogP contribution is -1.99. The molecule has 0 aromatic heterocycles. The number of rotatable bonds is 3. The van der Waals surface area contributed by atoms with E-state index in [1.54, 1.807) is 12.1 Å². The maximum Gasteiger partial charge on any atom is 0.133 e. The lowest BCUT2D eigenvalue weighted by molar-refractivity contribution is 0.470. The van der Waals surface area contributed by atoms with Gasteiger partial charge in [-0.1, -0.05) is 28.1 Å². The Balaban J connectivity index is 2.32. The van der Waals surface area contributed by atoms with Crippen LogP contribution in [0.15, 0.2) is 46.9 Å². The molecule has 0 aliphatic rings. The van der Waals surface area contributed by atoms with Crippen molar-refractivity contribution in [3.63, 3.8) is 0 Å². The van der Waals surface area contributed by atoms with Crippen LogP contribution in [-0.2, 0) is 6.54 Å². The highest BCUT2D eigenvalue weighted by molar-refractivity contribution is 9.10. The van der Waals surface area contributed by atoms with Crippen molar-refractivity contribution >= 4 is 15.9 Å².